The van der Waals surface area contributed by atoms with E-state index in [9.17, 15) is 9.18 Å². The van der Waals surface area contributed by atoms with Crippen LogP contribution in [0.2, 0.25) is 0 Å². The number of carbonyl (C=O) groups is 1. The Kier molecular flexibility index (Phi) is 6.23. The van der Waals surface area contributed by atoms with Crippen LogP contribution in [-0.2, 0) is 6.54 Å². The Labute approximate surface area is 197 Å². The minimum absolute atomic E-state index is 0.0837. The van der Waals surface area contributed by atoms with Crippen LogP contribution in [0.3, 0.4) is 0 Å². The second kappa shape index (κ2) is 9.10. The number of hydrogen-bond acceptors (Lipinski definition) is 7. The van der Waals surface area contributed by atoms with Gasteiger partial charge in [-0.2, -0.15) is 0 Å². The summed E-state index contributed by atoms with van der Waals surface area (Å²) >= 11 is 3.22. The summed E-state index contributed by atoms with van der Waals surface area (Å²) in [7, 11) is 1.65. The lowest BCUT2D eigenvalue weighted by Crippen LogP contribution is -2.28. The summed E-state index contributed by atoms with van der Waals surface area (Å²) in [4.78, 5) is 31.6. The Morgan fingerprint density at radius 1 is 1.27 bits per heavy atom. The molecule has 3 heterocycles. The summed E-state index contributed by atoms with van der Waals surface area (Å²) in [6, 6.07) is 3.95. The highest BCUT2D eigenvalue weighted by Gasteiger charge is 2.23. The number of nitrogens with zero attached hydrogens (tertiary/aromatic N) is 6. The molecule has 0 spiro atoms. The normalized spacial score (nSPS) is 12.0. The maximum atomic E-state index is 14.1. The molecule has 0 saturated heterocycles. The van der Waals surface area contributed by atoms with Gasteiger partial charge in [0.2, 0.25) is 5.78 Å². The first-order valence-electron chi connectivity index (χ1n) is 10.0. The Morgan fingerprint density at radius 3 is 2.85 bits per heavy atom. The first kappa shape index (κ1) is 22.6. The number of amides is 1. The summed E-state index contributed by atoms with van der Waals surface area (Å²) in [6.07, 6.45) is 6.19. The van der Waals surface area contributed by atoms with E-state index in [2.05, 4.69) is 35.9 Å². The van der Waals surface area contributed by atoms with Gasteiger partial charge < -0.3 is 15.4 Å². The number of fused-ring (bicyclic) bond motifs is 1. The van der Waals surface area contributed by atoms with E-state index in [4.69, 9.17) is 10.5 Å². The Hall–Kier alpha value is -3.60. The van der Waals surface area contributed by atoms with Crippen molar-refractivity contribution in [2.24, 2.45) is 0 Å². The van der Waals surface area contributed by atoms with E-state index < -0.39 is 11.9 Å². The predicted octanol–water partition coefficient (Wildman–Crippen LogP) is 3.72. The fourth-order valence-corrected chi connectivity index (χ4v) is 3.64. The molecule has 0 aliphatic heterocycles. The van der Waals surface area contributed by atoms with E-state index in [-0.39, 0.29) is 24.1 Å². The molecule has 0 aliphatic rings. The molecule has 3 aromatic heterocycles. The molecule has 1 aromatic carbocycles. The topological polar surface area (TPSA) is 112 Å². The number of imidazole rings is 1. The van der Waals surface area contributed by atoms with Crippen LogP contribution in [0.15, 0.2) is 47.6 Å². The molecular weight excluding hydrogens is 493 g/mol. The number of hydrogen-bond donors (Lipinski definition) is 1. The highest BCUT2D eigenvalue weighted by Crippen LogP contribution is 2.28. The number of anilines is 1. The molecule has 9 nitrogen and oxygen atoms in total. The average Bonchev–Trinajstić information content (AvgIpc) is 3.16. The van der Waals surface area contributed by atoms with Crippen LogP contribution in [0, 0.1) is 12.7 Å². The third kappa shape index (κ3) is 4.92. The zero-order valence-corrected chi connectivity index (χ0v) is 19.7. The first-order valence-corrected chi connectivity index (χ1v) is 10.8. The highest BCUT2D eigenvalue weighted by atomic mass is 79.9. The molecule has 1 atom stereocenters. The van der Waals surface area contributed by atoms with Crippen molar-refractivity contribution in [2.75, 3.05) is 12.8 Å². The lowest BCUT2D eigenvalue weighted by atomic mass is 10.0. The summed E-state index contributed by atoms with van der Waals surface area (Å²) in [5.74, 6) is -0.0825. The molecule has 0 radical (unpaired) electrons. The number of ether oxygens (including phenoxy) is 1. The van der Waals surface area contributed by atoms with E-state index >= 15 is 0 Å². The van der Waals surface area contributed by atoms with Crippen LogP contribution in [0.1, 0.15) is 40.2 Å². The van der Waals surface area contributed by atoms with Crippen LogP contribution in [0.5, 0.6) is 5.88 Å². The monoisotopic (exact) mass is 513 g/mol. The van der Waals surface area contributed by atoms with Crippen molar-refractivity contribution in [1.29, 1.82) is 0 Å². The van der Waals surface area contributed by atoms with Crippen molar-refractivity contribution in [3.05, 3.63) is 75.8 Å². The molecule has 4 rings (SSSR count). The fraction of sp³-hybridized carbons (Fsp3) is 0.227. The Morgan fingerprint density at radius 2 is 2.06 bits per heavy atom. The first-order chi connectivity index (χ1) is 15.7. The van der Waals surface area contributed by atoms with Crippen molar-refractivity contribution in [2.45, 2.75) is 26.5 Å². The van der Waals surface area contributed by atoms with E-state index in [1.165, 1.54) is 29.3 Å². The number of aryl methyl sites for hydroxylation is 1. The number of benzene rings is 1. The molecule has 33 heavy (non-hydrogen) atoms. The van der Waals surface area contributed by atoms with Gasteiger partial charge in [0, 0.05) is 36.8 Å². The lowest BCUT2D eigenvalue weighted by Gasteiger charge is -2.21. The maximum Gasteiger partial charge on any atom is 0.258 e. The van der Waals surface area contributed by atoms with Gasteiger partial charge in [-0.3, -0.25) is 9.20 Å². The Bertz CT molecular complexity index is 1340. The summed E-state index contributed by atoms with van der Waals surface area (Å²) in [6.45, 7) is 3.87. The van der Waals surface area contributed by atoms with E-state index in [1.807, 2.05) is 23.7 Å². The number of nitrogen functional groups attached to an aromatic ring is 1. The molecule has 0 unspecified atom stereocenters. The van der Waals surface area contributed by atoms with E-state index in [0.717, 1.165) is 5.56 Å². The molecule has 0 aliphatic carbocycles. The van der Waals surface area contributed by atoms with Gasteiger partial charge in [-0.15, -0.1) is 0 Å². The van der Waals surface area contributed by atoms with E-state index in [0.29, 0.717) is 27.2 Å². The molecule has 11 heteroatoms. The van der Waals surface area contributed by atoms with E-state index in [1.54, 1.807) is 20.2 Å². The van der Waals surface area contributed by atoms with Gasteiger partial charge in [0.05, 0.1) is 18.4 Å². The summed E-state index contributed by atoms with van der Waals surface area (Å²) in [5.41, 5.74) is 8.17. The van der Waals surface area contributed by atoms with Crippen LogP contribution in [-0.4, -0.2) is 42.2 Å². The van der Waals surface area contributed by atoms with Crippen LogP contribution in [0.4, 0.5) is 10.2 Å². The zero-order chi connectivity index (χ0) is 23.7. The fourth-order valence-electron chi connectivity index (χ4n) is 3.38. The zero-order valence-electron chi connectivity index (χ0n) is 18.2. The molecule has 1 amide bonds. The molecule has 2 N–H and O–H groups in total. The predicted molar refractivity (Wildman–Crippen MR) is 123 cm³/mol. The van der Waals surface area contributed by atoms with Crippen LogP contribution in [0.25, 0.3) is 5.78 Å². The van der Waals surface area contributed by atoms with Crippen molar-refractivity contribution in [1.82, 2.24) is 29.2 Å². The van der Waals surface area contributed by atoms with Gasteiger partial charge in [-0.25, -0.2) is 24.3 Å². The summed E-state index contributed by atoms with van der Waals surface area (Å²) in [5, 5.41) is 0. The van der Waals surface area contributed by atoms with Gasteiger partial charge in [0.15, 0.2) is 5.82 Å². The van der Waals surface area contributed by atoms with Gasteiger partial charge >= 0.3 is 0 Å². The summed E-state index contributed by atoms with van der Waals surface area (Å²) < 4.78 is 22.2. The average molecular weight is 514 g/mol. The van der Waals surface area contributed by atoms with Crippen molar-refractivity contribution in [3.63, 3.8) is 0 Å². The molecule has 0 bridgehead atoms. The standard InChI is InChI=1S/C22H21BrFN7O2/c1-12-7-27-22-28-15(11-31(22)9-12)10-30(3)21(32)16-5-4-14(24)6-17(16)13(2)33-20-19(25)26-8-18(23)29-20/h4-9,11,13H,10H2,1-3H3,(H2,25,26)/t13-/m1/s1. The molecular formula is C22H21BrFN7O2. The second-order valence-electron chi connectivity index (χ2n) is 7.61. The minimum Gasteiger partial charge on any atom is -0.467 e. The van der Waals surface area contributed by atoms with Gasteiger partial charge in [0.25, 0.3) is 11.8 Å². The number of carbonyl (C=O) groups excluding carboxylic acids is 1. The van der Waals surface area contributed by atoms with Gasteiger partial charge in [-0.05, 0) is 53.5 Å². The molecule has 170 valence electrons. The number of rotatable bonds is 6. The smallest absolute Gasteiger partial charge is 0.258 e. The number of nitrogens with two attached hydrogens (primary N) is 1. The molecule has 4 aromatic rings. The van der Waals surface area contributed by atoms with Gasteiger partial charge in [0.1, 0.15) is 16.5 Å². The number of halogens is 2. The molecule has 0 saturated carbocycles. The van der Waals surface area contributed by atoms with Gasteiger partial charge in [-0.1, -0.05) is 0 Å². The number of aromatic nitrogens is 5. The third-order valence-corrected chi connectivity index (χ3v) is 5.33. The quantitative estimate of drug-likeness (QED) is 0.418. The molecule has 0 fully saturated rings. The second-order valence-corrected chi connectivity index (χ2v) is 8.42. The SMILES string of the molecule is Cc1cnc2nc(CN(C)C(=O)c3ccc(F)cc3[C@@H](C)Oc3nc(Br)cnc3N)cn2c1. The maximum absolute atomic E-state index is 14.1. The van der Waals surface area contributed by atoms with Crippen molar-refractivity contribution in [3.8, 4) is 5.88 Å². The lowest BCUT2D eigenvalue weighted by molar-refractivity contribution is 0.0778. The van der Waals surface area contributed by atoms with Crippen molar-refractivity contribution < 1.29 is 13.9 Å². The third-order valence-electron chi connectivity index (χ3n) is 4.94. The van der Waals surface area contributed by atoms with Crippen LogP contribution >= 0.6 is 15.9 Å². The van der Waals surface area contributed by atoms with Crippen LogP contribution < -0.4 is 10.5 Å². The Balaban J connectivity index is 1.58. The minimum atomic E-state index is -0.721. The highest BCUT2D eigenvalue weighted by molar-refractivity contribution is 9.10. The largest absolute Gasteiger partial charge is 0.467 e. The van der Waals surface area contributed by atoms with Crippen molar-refractivity contribution >= 4 is 33.4 Å².